The highest BCUT2D eigenvalue weighted by atomic mass is 79.9. The van der Waals surface area contributed by atoms with Crippen molar-refractivity contribution in [1.82, 2.24) is 9.97 Å². The lowest BCUT2D eigenvalue weighted by molar-refractivity contribution is 0.0992. The van der Waals surface area contributed by atoms with E-state index in [4.69, 9.17) is 0 Å². The highest BCUT2D eigenvalue weighted by Gasteiger charge is 2.06. The third-order valence-corrected chi connectivity index (χ3v) is 2.63. The number of nitrogens with zero attached hydrogens (tertiary/aromatic N) is 2. The van der Waals surface area contributed by atoms with Crippen molar-refractivity contribution in [3.63, 3.8) is 0 Å². The summed E-state index contributed by atoms with van der Waals surface area (Å²) < 4.78 is 0.730. The van der Waals surface area contributed by atoms with E-state index >= 15 is 0 Å². The van der Waals surface area contributed by atoms with Crippen LogP contribution >= 0.6 is 15.9 Å². The zero-order valence-electron chi connectivity index (χ0n) is 8.43. The van der Waals surface area contributed by atoms with Crippen molar-refractivity contribution in [2.75, 3.05) is 0 Å². The second kappa shape index (κ2) is 4.99. The standard InChI is InChI=1S/C12H9BrN2O/c13-12-2-1-10(8-15-12)11(16)7-9-3-5-14-6-4-9/h1-6,8H,7H2. The Morgan fingerprint density at radius 3 is 2.56 bits per heavy atom. The molecule has 0 aliphatic rings. The maximum Gasteiger partial charge on any atom is 0.168 e. The van der Waals surface area contributed by atoms with Crippen LogP contribution in [0, 0.1) is 0 Å². The predicted molar refractivity (Wildman–Crippen MR) is 64.2 cm³/mol. The molecule has 2 aromatic heterocycles. The highest BCUT2D eigenvalue weighted by molar-refractivity contribution is 9.10. The third-order valence-electron chi connectivity index (χ3n) is 2.16. The molecule has 0 spiro atoms. The first-order valence-corrected chi connectivity index (χ1v) is 5.58. The molecule has 0 fully saturated rings. The minimum absolute atomic E-state index is 0.0613. The number of pyridine rings is 2. The van der Waals surface area contributed by atoms with E-state index in [0.717, 1.165) is 10.2 Å². The summed E-state index contributed by atoms with van der Waals surface area (Å²) in [6.45, 7) is 0. The fourth-order valence-electron chi connectivity index (χ4n) is 1.33. The molecule has 16 heavy (non-hydrogen) atoms. The zero-order chi connectivity index (χ0) is 11.4. The number of rotatable bonds is 3. The van der Waals surface area contributed by atoms with E-state index in [9.17, 15) is 4.79 Å². The lowest BCUT2D eigenvalue weighted by Gasteiger charge is -2.00. The SMILES string of the molecule is O=C(Cc1ccncc1)c1ccc(Br)nc1. The third kappa shape index (κ3) is 2.73. The first-order chi connectivity index (χ1) is 7.75. The molecule has 0 unspecified atom stereocenters. The summed E-state index contributed by atoms with van der Waals surface area (Å²) >= 11 is 3.23. The number of hydrogen-bond donors (Lipinski definition) is 0. The van der Waals surface area contributed by atoms with Gasteiger partial charge >= 0.3 is 0 Å². The van der Waals surface area contributed by atoms with Gasteiger partial charge in [-0.25, -0.2) is 4.98 Å². The summed E-state index contributed by atoms with van der Waals surface area (Å²) in [6, 6.07) is 7.20. The second-order valence-corrected chi connectivity index (χ2v) is 4.14. The van der Waals surface area contributed by atoms with E-state index in [1.807, 2.05) is 12.1 Å². The Morgan fingerprint density at radius 1 is 1.19 bits per heavy atom. The first-order valence-electron chi connectivity index (χ1n) is 4.79. The van der Waals surface area contributed by atoms with Gasteiger partial charge in [0.1, 0.15) is 4.60 Å². The zero-order valence-corrected chi connectivity index (χ0v) is 10.0. The maximum absolute atomic E-state index is 11.8. The minimum Gasteiger partial charge on any atom is -0.294 e. The monoisotopic (exact) mass is 276 g/mol. The highest BCUT2D eigenvalue weighted by Crippen LogP contribution is 2.09. The van der Waals surface area contributed by atoms with E-state index in [0.29, 0.717) is 12.0 Å². The Hall–Kier alpha value is -1.55. The molecule has 2 rings (SSSR count). The maximum atomic E-state index is 11.8. The van der Waals surface area contributed by atoms with Crippen LogP contribution in [-0.4, -0.2) is 15.8 Å². The van der Waals surface area contributed by atoms with E-state index in [2.05, 4.69) is 25.9 Å². The largest absolute Gasteiger partial charge is 0.294 e. The molecule has 0 aromatic carbocycles. The molecule has 0 amide bonds. The van der Waals surface area contributed by atoms with Gasteiger partial charge in [-0.1, -0.05) is 0 Å². The van der Waals surface area contributed by atoms with Gasteiger partial charge in [0, 0.05) is 30.6 Å². The molecule has 0 aliphatic carbocycles. The van der Waals surface area contributed by atoms with Gasteiger partial charge < -0.3 is 0 Å². The van der Waals surface area contributed by atoms with E-state index in [1.54, 1.807) is 30.7 Å². The van der Waals surface area contributed by atoms with Crippen LogP contribution in [0.2, 0.25) is 0 Å². The van der Waals surface area contributed by atoms with Gasteiger partial charge in [0.15, 0.2) is 5.78 Å². The van der Waals surface area contributed by atoms with Crippen LogP contribution in [0.1, 0.15) is 15.9 Å². The number of ketones is 1. The smallest absolute Gasteiger partial charge is 0.168 e. The topological polar surface area (TPSA) is 42.9 Å². The molecule has 2 heterocycles. The van der Waals surface area contributed by atoms with Gasteiger partial charge in [0.05, 0.1) is 0 Å². The molecule has 80 valence electrons. The molecule has 0 bridgehead atoms. The first kappa shape index (κ1) is 11.0. The molecular weight excluding hydrogens is 268 g/mol. The molecule has 0 radical (unpaired) electrons. The van der Waals surface area contributed by atoms with Crippen molar-refractivity contribution < 1.29 is 4.79 Å². The summed E-state index contributed by atoms with van der Waals surface area (Å²) in [4.78, 5) is 19.8. The number of aromatic nitrogens is 2. The Morgan fingerprint density at radius 2 is 1.94 bits per heavy atom. The van der Waals surface area contributed by atoms with Gasteiger partial charge in [-0.2, -0.15) is 0 Å². The number of halogens is 1. The van der Waals surface area contributed by atoms with Crippen LogP contribution in [0.3, 0.4) is 0 Å². The van der Waals surface area contributed by atoms with Gasteiger partial charge in [0.2, 0.25) is 0 Å². The molecule has 0 saturated carbocycles. The van der Waals surface area contributed by atoms with Gasteiger partial charge in [-0.3, -0.25) is 9.78 Å². The summed E-state index contributed by atoms with van der Waals surface area (Å²) in [5.74, 6) is 0.0613. The minimum atomic E-state index is 0.0613. The molecule has 0 atom stereocenters. The van der Waals surface area contributed by atoms with Crippen LogP contribution in [-0.2, 0) is 6.42 Å². The van der Waals surface area contributed by atoms with Crippen molar-refractivity contribution in [2.45, 2.75) is 6.42 Å². The molecule has 4 heteroatoms. The second-order valence-electron chi connectivity index (χ2n) is 3.33. The number of Topliss-reactive ketones (excluding diaryl/α,β-unsaturated/α-hetero) is 1. The quantitative estimate of drug-likeness (QED) is 0.640. The van der Waals surface area contributed by atoms with Crippen LogP contribution in [0.25, 0.3) is 0 Å². The molecular formula is C12H9BrN2O. The summed E-state index contributed by atoms with van der Waals surface area (Å²) in [5.41, 5.74) is 1.59. The van der Waals surface area contributed by atoms with Gasteiger partial charge in [-0.15, -0.1) is 0 Å². The number of carbonyl (C=O) groups is 1. The van der Waals surface area contributed by atoms with Crippen LogP contribution in [0.15, 0.2) is 47.5 Å². The molecule has 0 aliphatic heterocycles. The van der Waals surface area contributed by atoms with Crippen molar-refractivity contribution in [3.8, 4) is 0 Å². The van der Waals surface area contributed by atoms with Gasteiger partial charge in [0.25, 0.3) is 0 Å². The average Bonchev–Trinajstić information content (AvgIpc) is 2.31. The average molecular weight is 277 g/mol. The Bertz CT molecular complexity index is 482. The van der Waals surface area contributed by atoms with E-state index < -0.39 is 0 Å². The summed E-state index contributed by atoms with van der Waals surface area (Å²) in [7, 11) is 0. The molecule has 3 nitrogen and oxygen atoms in total. The van der Waals surface area contributed by atoms with Crippen molar-refractivity contribution in [3.05, 3.63) is 58.6 Å². The number of hydrogen-bond acceptors (Lipinski definition) is 3. The van der Waals surface area contributed by atoms with E-state index in [1.165, 1.54) is 0 Å². The molecule has 0 N–H and O–H groups in total. The predicted octanol–water partition coefficient (Wildman–Crippen LogP) is 2.66. The van der Waals surface area contributed by atoms with Crippen molar-refractivity contribution >= 4 is 21.7 Å². The Labute approximate surface area is 102 Å². The van der Waals surface area contributed by atoms with Crippen molar-refractivity contribution in [1.29, 1.82) is 0 Å². The summed E-state index contributed by atoms with van der Waals surface area (Å²) in [5, 5.41) is 0. The van der Waals surface area contributed by atoms with Crippen LogP contribution in [0.5, 0.6) is 0 Å². The normalized spacial score (nSPS) is 10.1. The summed E-state index contributed by atoms with van der Waals surface area (Å²) in [6.07, 6.45) is 5.32. The fraction of sp³-hybridized carbons (Fsp3) is 0.0833. The Kier molecular flexibility index (Phi) is 3.41. The fourth-order valence-corrected chi connectivity index (χ4v) is 1.56. The lowest BCUT2D eigenvalue weighted by atomic mass is 10.1. The number of carbonyl (C=O) groups excluding carboxylic acids is 1. The van der Waals surface area contributed by atoms with E-state index in [-0.39, 0.29) is 5.78 Å². The molecule has 2 aromatic rings. The van der Waals surface area contributed by atoms with Gasteiger partial charge in [-0.05, 0) is 45.8 Å². The van der Waals surface area contributed by atoms with Crippen molar-refractivity contribution in [2.24, 2.45) is 0 Å². The van der Waals surface area contributed by atoms with Crippen LogP contribution in [0.4, 0.5) is 0 Å². The van der Waals surface area contributed by atoms with Crippen LogP contribution < -0.4 is 0 Å². The Balaban J connectivity index is 2.12. The molecule has 0 saturated heterocycles. The lowest BCUT2D eigenvalue weighted by Crippen LogP contribution is -2.03.